The van der Waals surface area contributed by atoms with Gasteiger partial charge in [0, 0.05) is 31.4 Å². The number of fused-ring (bicyclic) bond motifs is 1. The van der Waals surface area contributed by atoms with Gasteiger partial charge in [0.25, 0.3) is 0 Å². The Kier molecular flexibility index (Phi) is 4.45. The number of likely N-dealkylation sites (tertiary alicyclic amines) is 1. The number of carbonyl (C=O) groups is 3. The number of piperidine rings is 1. The van der Waals surface area contributed by atoms with Gasteiger partial charge in [0.1, 0.15) is 6.29 Å². The SMILES string of the molecule is O=CCNC(=O)N1CCC(N2Cc3ccccc3NC2=O)CC1. The molecule has 0 bridgehead atoms. The van der Waals surface area contributed by atoms with E-state index in [2.05, 4.69) is 10.6 Å². The molecular weight excluding hydrogens is 296 g/mol. The largest absolute Gasteiger partial charge is 0.331 e. The topological polar surface area (TPSA) is 81.8 Å². The van der Waals surface area contributed by atoms with Crippen LogP contribution in [0.1, 0.15) is 18.4 Å². The van der Waals surface area contributed by atoms with Crippen LogP contribution in [0.2, 0.25) is 0 Å². The van der Waals surface area contributed by atoms with Crippen molar-refractivity contribution >= 4 is 24.0 Å². The molecule has 4 amide bonds. The van der Waals surface area contributed by atoms with Crippen molar-refractivity contribution in [2.75, 3.05) is 25.0 Å². The minimum atomic E-state index is -0.219. The van der Waals surface area contributed by atoms with Crippen LogP contribution in [0.4, 0.5) is 15.3 Å². The normalized spacial score (nSPS) is 18.2. The van der Waals surface area contributed by atoms with Crippen LogP contribution >= 0.6 is 0 Å². The van der Waals surface area contributed by atoms with E-state index >= 15 is 0 Å². The summed E-state index contributed by atoms with van der Waals surface area (Å²) in [4.78, 5) is 38.0. The van der Waals surface area contributed by atoms with Crippen molar-refractivity contribution in [3.8, 4) is 0 Å². The first-order valence-corrected chi connectivity index (χ1v) is 7.81. The highest BCUT2D eigenvalue weighted by Crippen LogP contribution is 2.27. The number of benzene rings is 1. The Labute approximate surface area is 134 Å². The standard InChI is InChI=1S/C16H20N4O3/c21-10-7-17-15(22)19-8-5-13(6-9-19)20-11-12-3-1-2-4-14(12)18-16(20)23/h1-4,10,13H,5-9,11H2,(H,17,22)(H,18,23). The lowest BCUT2D eigenvalue weighted by Crippen LogP contribution is -2.52. The minimum Gasteiger partial charge on any atom is -0.331 e. The van der Waals surface area contributed by atoms with Gasteiger partial charge in [0.2, 0.25) is 0 Å². The highest BCUT2D eigenvalue weighted by Gasteiger charge is 2.32. The first-order chi connectivity index (χ1) is 11.2. The fourth-order valence-electron chi connectivity index (χ4n) is 3.14. The summed E-state index contributed by atoms with van der Waals surface area (Å²) < 4.78 is 0. The van der Waals surface area contributed by atoms with E-state index in [4.69, 9.17) is 0 Å². The van der Waals surface area contributed by atoms with E-state index < -0.39 is 0 Å². The molecule has 0 spiro atoms. The maximum Gasteiger partial charge on any atom is 0.322 e. The van der Waals surface area contributed by atoms with E-state index in [0.29, 0.717) is 25.9 Å². The molecule has 1 aromatic carbocycles. The summed E-state index contributed by atoms with van der Waals surface area (Å²) in [5.41, 5.74) is 1.98. The molecular formula is C16H20N4O3. The van der Waals surface area contributed by atoms with Crippen LogP contribution in [0.15, 0.2) is 24.3 Å². The smallest absolute Gasteiger partial charge is 0.322 e. The maximum absolute atomic E-state index is 12.3. The predicted octanol–water partition coefficient (Wildman–Crippen LogP) is 1.41. The number of rotatable bonds is 3. The van der Waals surface area contributed by atoms with E-state index in [9.17, 15) is 14.4 Å². The summed E-state index contributed by atoms with van der Waals surface area (Å²) in [6, 6.07) is 7.63. The van der Waals surface area contributed by atoms with E-state index in [1.807, 2.05) is 29.2 Å². The van der Waals surface area contributed by atoms with Crippen LogP contribution in [-0.2, 0) is 11.3 Å². The van der Waals surface area contributed by atoms with Crippen LogP contribution in [0.25, 0.3) is 0 Å². The average Bonchev–Trinajstić information content (AvgIpc) is 2.59. The Bertz CT molecular complexity index is 611. The van der Waals surface area contributed by atoms with Gasteiger partial charge in [-0.15, -0.1) is 0 Å². The zero-order chi connectivity index (χ0) is 16.2. The third kappa shape index (κ3) is 3.28. The van der Waals surface area contributed by atoms with Gasteiger partial charge >= 0.3 is 12.1 Å². The lowest BCUT2D eigenvalue weighted by molar-refractivity contribution is -0.107. The van der Waals surface area contributed by atoms with Crippen molar-refractivity contribution in [1.82, 2.24) is 15.1 Å². The number of nitrogens with one attached hydrogen (secondary N) is 2. The average molecular weight is 316 g/mol. The molecule has 23 heavy (non-hydrogen) atoms. The number of anilines is 1. The molecule has 1 fully saturated rings. The number of para-hydroxylation sites is 1. The molecule has 7 nitrogen and oxygen atoms in total. The van der Waals surface area contributed by atoms with E-state index in [-0.39, 0.29) is 24.6 Å². The second kappa shape index (κ2) is 6.68. The molecule has 0 aliphatic carbocycles. The Hall–Kier alpha value is -2.57. The number of hydrogen-bond acceptors (Lipinski definition) is 3. The highest BCUT2D eigenvalue weighted by molar-refractivity contribution is 5.92. The second-order valence-corrected chi connectivity index (χ2v) is 5.79. The van der Waals surface area contributed by atoms with Gasteiger partial charge in [0.05, 0.1) is 6.54 Å². The number of aldehydes is 1. The van der Waals surface area contributed by atoms with Gasteiger partial charge < -0.3 is 25.2 Å². The Morgan fingerprint density at radius 1 is 1.30 bits per heavy atom. The Morgan fingerprint density at radius 2 is 2.04 bits per heavy atom. The van der Waals surface area contributed by atoms with Gasteiger partial charge in [0.15, 0.2) is 0 Å². The molecule has 2 N–H and O–H groups in total. The summed E-state index contributed by atoms with van der Waals surface area (Å²) in [7, 11) is 0. The maximum atomic E-state index is 12.3. The second-order valence-electron chi connectivity index (χ2n) is 5.79. The summed E-state index contributed by atoms with van der Waals surface area (Å²) in [6.07, 6.45) is 2.15. The Morgan fingerprint density at radius 3 is 2.78 bits per heavy atom. The van der Waals surface area contributed by atoms with Crippen LogP contribution in [0, 0.1) is 0 Å². The van der Waals surface area contributed by atoms with Crippen molar-refractivity contribution in [2.45, 2.75) is 25.4 Å². The predicted molar refractivity (Wildman–Crippen MR) is 85.1 cm³/mol. The first-order valence-electron chi connectivity index (χ1n) is 7.81. The lowest BCUT2D eigenvalue weighted by Gasteiger charge is -2.40. The van der Waals surface area contributed by atoms with Crippen LogP contribution < -0.4 is 10.6 Å². The monoisotopic (exact) mass is 316 g/mol. The zero-order valence-corrected chi connectivity index (χ0v) is 12.8. The van der Waals surface area contributed by atoms with Crippen molar-refractivity contribution in [2.24, 2.45) is 0 Å². The summed E-state index contributed by atoms with van der Waals surface area (Å²) in [5, 5.41) is 5.47. The molecule has 3 rings (SSSR count). The van der Waals surface area contributed by atoms with Gasteiger partial charge in [-0.25, -0.2) is 9.59 Å². The number of hydrogen-bond donors (Lipinski definition) is 2. The fourth-order valence-corrected chi connectivity index (χ4v) is 3.14. The Balaban J connectivity index is 1.59. The van der Waals surface area contributed by atoms with Gasteiger partial charge in [-0.05, 0) is 24.5 Å². The van der Waals surface area contributed by atoms with Crippen LogP contribution in [0.3, 0.4) is 0 Å². The highest BCUT2D eigenvalue weighted by atomic mass is 16.2. The van der Waals surface area contributed by atoms with Gasteiger partial charge in [-0.3, -0.25) is 0 Å². The molecule has 2 aliphatic heterocycles. The quantitative estimate of drug-likeness (QED) is 0.827. The molecule has 7 heteroatoms. The van der Waals surface area contributed by atoms with Crippen molar-refractivity contribution < 1.29 is 14.4 Å². The van der Waals surface area contributed by atoms with Crippen molar-refractivity contribution in [1.29, 1.82) is 0 Å². The number of nitrogens with zero attached hydrogens (tertiary/aromatic N) is 2. The van der Waals surface area contributed by atoms with Crippen molar-refractivity contribution in [3.05, 3.63) is 29.8 Å². The molecule has 2 heterocycles. The third-order valence-electron chi connectivity index (χ3n) is 4.39. The van der Waals surface area contributed by atoms with Crippen LogP contribution in [0.5, 0.6) is 0 Å². The number of carbonyl (C=O) groups excluding carboxylic acids is 3. The molecule has 122 valence electrons. The fraction of sp³-hybridized carbons (Fsp3) is 0.438. The van der Waals surface area contributed by atoms with Gasteiger partial charge in [-0.2, -0.15) is 0 Å². The number of amides is 4. The van der Waals surface area contributed by atoms with Crippen LogP contribution in [-0.4, -0.2) is 53.8 Å². The molecule has 0 unspecified atom stereocenters. The molecule has 0 radical (unpaired) electrons. The summed E-state index contributed by atoms with van der Waals surface area (Å²) in [5.74, 6) is 0. The summed E-state index contributed by atoms with van der Waals surface area (Å²) >= 11 is 0. The molecule has 0 atom stereocenters. The van der Waals surface area contributed by atoms with E-state index in [1.165, 1.54) is 0 Å². The zero-order valence-electron chi connectivity index (χ0n) is 12.8. The minimum absolute atomic E-state index is 0.0318. The molecule has 1 aromatic rings. The number of urea groups is 2. The first kappa shape index (κ1) is 15.3. The summed E-state index contributed by atoms with van der Waals surface area (Å²) in [6.45, 7) is 1.80. The third-order valence-corrected chi connectivity index (χ3v) is 4.39. The lowest BCUT2D eigenvalue weighted by atomic mass is 10.0. The molecule has 1 saturated heterocycles. The van der Waals surface area contributed by atoms with Crippen molar-refractivity contribution in [3.63, 3.8) is 0 Å². The van der Waals surface area contributed by atoms with Gasteiger partial charge in [-0.1, -0.05) is 18.2 Å². The molecule has 0 aromatic heterocycles. The van der Waals surface area contributed by atoms with E-state index in [0.717, 1.165) is 24.1 Å². The van der Waals surface area contributed by atoms with E-state index in [1.54, 1.807) is 4.90 Å². The molecule has 0 saturated carbocycles. The molecule has 2 aliphatic rings.